The van der Waals surface area contributed by atoms with Crippen molar-refractivity contribution in [2.75, 3.05) is 47.6 Å². The van der Waals surface area contributed by atoms with Crippen molar-refractivity contribution in [2.24, 2.45) is 4.99 Å². The van der Waals surface area contributed by atoms with Gasteiger partial charge in [0.1, 0.15) is 11.6 Å². The summed E-state index contributed by atoms with van der Waals surface area (Å²) in [6, 6.07) is 7.69. The highest BCUT2D eigenvalue weighted by molar-refractivity contribution is 5.79. The average Bonchev–Trinajstić information content (AvgIpc) is 3.27. The fourth-order valence-electron chi connectivity index (χ4n) is 3.43. The number of H-pyrrole nitrogens is 1. The fraction of sp³-hybridized carbons (Fsp3) is 0.571. The molecule has 9 heteroatoms. The van der Waals surface area contributed by atoms with Crippen molar-refractivity contribution in [1.29, 1.82) is 0 Å². The monoisotopic (exact) mass is 416 g/mol. The molecule has 1 aromatic carbocycles. The standard InChI is InChI=1S/C21H32N6O3/c1-22-21(27-11-9-18(10-12-27)30-14-4-13-28-2)23-15-19-24-20(26-25-19)16-5-7-17(29-3)8-6-16/h5-8,18H,4,9-15H2,1-3H3,(H,22,23)(H,24,25,26). The van der Waals surface area contributed by atoms with Crippen LogP contribution < -0.4 is 10.1 Å². The van der Waals surface area contributed by atoms with E-state index in [4.69, 9.17) is 14.2 Å². The van der Waals surface area contributed by atoms with Gasteiger partial charge >= 0.3 is 0 Å². The van der Waals surface area contributed by atoms with Gasteiger partial charge in [0.05, 0.1) is 19.8 Å². The van der Waals surface area contributed by atoms with E-state index in [0.717, 1.165) is 68.7 Å². The maximum Gasteiger partial charge on any atom is 0.194 e. The van der Waals surface area contributed by atoms with E-state index in [1.165, 1.54) is 0 Å². The molecule has 30 heavy (non-hydrogen) atoms. The van der Waals surface area contributed by atoms with Crippen LogP contribution in [-0.2, 0) is 16.0 Å². The van der Waals surface area contributed by atoms with Crippen molar-refractivity contribution in [2.45, 2.75) is 31.9 Å². The molecular formula is C21H32N6O3. The van der Waals surface area contributed by atoms with Crippen LogP contribution >= 0.6 is 0 Å². The molecular weight excluding hydrogens is 384 g/mol. The van der Waals surface area contributed by atoms with Crippen LogP contribution in [0.1, 0.15) is 25.1 Å². The summed E-state index contributed by atoms with van der Waals surface area (Å²) in [6.07, 6.45) is 3.25. The van der Waals surface area contributed by atoms with Crippen LogP contribution in [0.25, 0.3) is 11.4 Å². The summed E-state index contributed by atoms with van der Waals surface area (Å²) in [6.45, 7) is 3.87. The van der Waals surface area contributed by atoms with E-state index in [2.05, 4.69) is 30.4 Å². The molecule has 2 heterocycles. The summed E-state index contributed by atoms with van der Waals surface area (Å²) in [4.78, 5) is 11.3. The Labute approximate surface area is 177 Å². The number of nitrogens with one attached hydrogen (secondary N) is 2. The molecule has 1 aliphatic rings. The molecule has 0 amide bonds. The first-order chi connectivity index (χ1) is 14.7. The molecule has 164 valence electrons. The number of aromatic nitrogens is 3. The number of nitrogens with zero attached hydrogens (tertiary/aromatic N) is 4. The minimum atomic E-state index is 0.317. The second-order valence-corrected chi connectivity index (χ2v) is 7.14. The zero-order valence-electron chi connectivity index (χ0n) is 18.1. The van der Waals surface area contributed by atoms with Gasteiger partial charge in [-0.05, 0) is 43.5 Å². The Kier molecular flexibility index (Phi) is 8.46. The Bertz CT molecular complexity index is 784. The molecule has 1 aliphatic heterocycles. The quantitative estimate of drug-likeness (QED) is 0.367. The van der Waals surface area contributed by atoms with Gasteiger partial charge in [0, 0.05) is 46.0 Å². The smallest absolute Gasteiger partial charge is 0.194 e. The number of methoxy groups -OCH3 is 2. The van der Waals surface area contributed by atoms with Gasteiger partial charge in [0.25, 0.3) is 0 Å². The Morgan fingerprint density at radius 2 is 1.97 bits per heavy atom. The van der Waals surface area contributed by atoms with Crippen LogP contribution in [0.15, 0.2) is 29.3 Å². The molecule has 0 aliphatic carbocycles. The van der Waals surface area contributed by atoms with Crippen LogP contribution in [-0.4, -0.2) is 79.7 Å². The number of rotatable bonds is 9. The Hall–Kier alpha value is -2.65. The number of hydrogen-bond donors (Lipinski definition) is 2. The highest BCUT2D eigenvalue weighted by Crippen LogP contribution is 2.19. The van der Waals surface area contributed by atoms with Gasteiger partial charge in [0.2, 0.25) is 0 Å². The minimum Gasteiger partial charge on any atom is -0.497 e. The van der Waals surface area contributed by atoms with Crippen LogP contribution in [0.3, 0.4) is 0 Å². The second kappa shape index (κ2) is 11.5. The van der Waals surface area contributed by atoms with Crippen molar-refractivity contribution in [3.63, 3.8) is 0 Å². The van der Waals surface area contributed by atoms with Crippen molar-refractivity contribution < 1.29 is 14.2 Å². The summed E-state index contributed by atoms with van der Waals surface area (Å²) < 4.78 is 16.2. The molecule has 2 aromatic rings. The highest BCUT2D eigenvalue weighted by atomic mass is 16.5. The zero-order valence-corrected chi connectivity index (χ0v) is 18.1. The normalized spacial score (nSPS) is 15.4. The number of benzene rings is 1. The molecule has 0 spiro atoms. The number of guanidine groups is 1. The number of aromatic amines is 1. The molecule has 9 nitrogen and oxygen atoms in total. The number of hydrogen-bond acceptors (Lipinski definition) is 6. The lowest BCUT2D eigenvalue weighted by molar-refractivity contribution is 0.00989. The summed E-state index contributed by atoms with van der Waals surface area (Å²) >= 11 is 0. The topological polar surface area (TPSA) is 96.9 Å². The molecule has 3 rings (SSSR count). The molecule has 0 atom stereocenters. The van der Waals surface area contributed by atoms with Gasteiger partial charge in [-0.2, -0.15) is 5.10 Å². The first-order valence-corrected chi connectivity index (χ1v) is 10.3. The van der Waals surface area contributed by atoms with E-state index in [1.54, 1.807) is 21.3 Å². The third-order valence-corrected chi connectivity index (χ3v) is 5.09. The van der Waals surface area contributed by atoms with E-state index in [0.29, 0.717) is 18.5 Å². The lowest BCUT2D eigenvalue weighted by Gasteiger charge is -2.34. The van der Waals surface area contributed by atoms with Crippen LogP contribution in [0.5, 0.6) is 5.75 Å². The molecule has 1 fully saturated rings. The number of piperidine rings is 1. The minimum absolute atomic E-state index is 0.317. The summed E-state index contributed by atoms with van der Waals surface area (Å²) in [5, 5.41) is 10.7. The molecule has 0 saturated carbocycles. The number of aliphatic imine (C=N–C) groups is 1. The van der Waals surface area contributed by atoms with Crippen molar-refractivity contribution in [1.82, 2.24) is 25.4 Å². The van der Waals surface area contributed by atoms with E-state index < -0.39 is 0 Å². The first-order valence-electron chi connectivity index (χ1n) is 10.3. The number of ether oxygens (including phenoxy) is 3. The molecule has 2 N–H and O–H groups in total. The van der Waals surface area contributed by atoms with Crippen LogP contribution in [0, 0.1) is 0 Å². The van der Waals surface area contributed by atoms with Gasteiger partial charge in [0.15, 0.2) is 11.8 Å². The van der Waals surface area contributed by atoms with E-state index in [-0.39, 0.29) is 0 Å². The maximum absolute atomic E-state index is 5.94. The molecule has 1 aromatic heterocycles. The summed E-state index contributed by atoms with van der Waals surface area (Å²) in [5.41, 5.74) is 0.940. The maximum atomic E-state index is 5.94. The van der Waals surface area contributed by atoms with Crippen molar-refractivity contribution in [3.8, 4) is 17.1 Å². The SMILES string of the molecule is CN=C(NCc1nc(-c2ccc(OC)cc2)n[nH]1)N1CCC(OCCCOC)CC1. The van der Waals surface area contributed by atoms with E-state index in [9.17, 15) is 0 Å². The van der Waals surface area contributed by atoms with Gasteiger partial charge in [-0.1, -0.05) is 0 Å². The van der Waals surface area contributed by atoms with Crippen molar-refractivity contribution >= 4 is 5.96 Å². The molecule has 0 bridgehead atoms. The first kappa shape index (κ1) is 22.0. The molecule has 0 unspecified atom stereocenters. The van der Waals surface area contributed by atoms with Gasteiger partial charge in [-0.15, -0.1) is 0 Å². The fourth-order valence-corrected chi connectivity index (χ4v) is 3.43. The lowest BCUT2D eigenvalue weighted by atomic mass is 10.1. The van der Waals surface area contributed by atoms with Gasteiger partial charge in [-0.25, -0.2) is 4.98 Å². The zero-order chi connectivity index (χ0) is 21.2. The predicted octanol–water partition coefficient (Wildman–Crippen LogP) is 2.07. The Morgan fingerprint density at radius 1 is 1.20 bits per heavy atom. The Balaban J connectivity index is 1.45. The number of likely N-dealkylation sites (tertiary alicyclic amines) is 1. The molecule has 1 saturated heterocycles. The van der Waals surface area contributed by atoms with Crippen LogP contribution in [0.4, 0.5) is 0 Å². The van der Waals surface area contributed by atoms with Crippen LogP contribution in [0.2, 0.25) is 0 Å². The summed E-state index contributed by atoms with van der Waals surface area (Å²) in [7, 11) is 5.17. The Morgan fingerprint density at radius 3 is 2.63 bits per heavy atom. The van der Waals surface area contributed by atoms with E-state index >= 15 is 0 Å². The second-order valence-electron chi connectivity index (χ2n) is 7.14. The van der Waals surface area contributed by atoms with Gasteiger partial charge < -0.3 is 24.4 Å². The lowest BCUT2D eigenvalue weighted by Crippen LogP contribution is -2.46. The van der Waals surface area contributed by atoms with Gasteiger partial charge in [-0.3, -0.25) is 10.1 Å². The largest absolute Gasteiger partial charge is 0.497 e. The summed E-state index contributed by atoms with van der Waals surface area (Å²) in [5.74, 6) is 3.11. The van der Waals surface area contributed by atoms with E-state index in [1.807, 2.05) is 24.3 Å². The third-order valence-electron chi connectivity index (χ3n) is 5.09. The predicted molar refractivity (Wildman–Crippen MR) is 116 cm³/mol. The highest BCUT2D eigenvalue weighted by Gasteiger charge is 2.22. The average molecular weight is 417 g/mol. The van der Waals surface area contributed by atoms with Crippen molar-refractivity contribution in [3.05, 3.63) is 30.1 Å². The molecule has 0 radical (unpaired) electrons. The third kappa shape index (κ3) is 6.17.